The average Bonchev–Trinajstić information content (AvgIpc) is 2.93. The third kappa shape index (κ3) is 3.39. The maximum Gasteiger partial charge on any atom is 0.143 e. The van der Waals surface area contributed by atoms with Crippen molar-refractivity contribution < 1.29 is 0 Å². The van der Waals surface area contributed by atoms with Crippen LogP contribution in [0.5, 0.6) is 0 Å². The molecule has 1 aliphatic rings. The first-order valence-electron chi connectivity index (χ1n) is 7.51. The van der Waals surface area contributed by atoms with E-state index in [1.807, 2.05) is 0 Å². The molecule has 1 saturated heterocycles. The summed E-state index contributed by atoms with van der Waals surface area (Å²) in [6, 6.07) is 6.92. The highest BCUT2D eigenvalue weighted by atomic mass is 15.5. The van der Waals surface area contributed by atoms with E-state index in [1.54, 1.807) is 11.0 Å². The van der Waals surface area contributed by atoms with Gasteiger partial charge in [-0.2, -0.15) is 0 Å². The van der Waals surface area contributed by atoms with Gasteiger partial charge in [0.2, 0.25) is 0 Å². The number of aromatic nitrogens is 4. The number of hydrogen-bond donors (Lipinski definition) is 1. The molecule has 0 spiro atoms. The average molecular weight is 286 g/mol. The van der Waals surface area contributed by atoms with E-state index in [9.17, 15) is 0 Å². The topological polar surface area (TPSA) is 58.9 Å². The lowest BCUT2D eigenvalue weighted by Crippen LogP contribution is -2.23. The Kier molecular flexibility index (Phi) is 4.15. The van der Waals surface area contributed by atoms with Crippen LogP contribution in [0.25, 0.3) is 5.69 Å². The van der Waals surface area contributed by atoms with Crippen molar-refractivity contribution in [1.29, 1.82) is 0 Å². The molecule has 2 heterocycles. The molecular formula is C15H22N6. The van der Waals surface area contributed by atoms with Gasteiger partial charge in [-0.15, -0.1) is 5.10 Å². The molecule has 6 heteroatoms. The van der Waals surface area contributed by atoms with E-state index < -0.39 is 0 Å². The van der Waals surface area contributed by atoms with Crippen LogP contribution in [0.2, 0.25) is 0 Å². The highest BCUT2D eigenvalue weighted by Gasteiger charge is 2.15. The van der Waals surface area contributed by atoms with E-state index in [4.69, 9.17) is 0 Å². The van der Waals surface area contributed by atoms with Gasteiger partial charge in [0, 0.05) is 11.7 Å². The van der Waals surface area contributed by atoms with Gasteiger partial charge in [-0.3, -0.25) is 0 Å². The summed E-state index contributed by atoms with van der Waals surface area (Å²) >= 11 is 0. The highest BCUT2D eigenvalue weighted by Crippen LogP contribution is 2.21. The number of aryl methyl sites for hydroxylation is 1. The molecule has 1 N–H and O–H groups in total. The Morgan fingerprint density at radius 1 is 1.24 bits per heavy atom. The Bertz CT molecular complexity index is 580. The van der Waals surface area contributed by atoms with Gasteiger partial charge >= 0.3 is 0 Å². The van der Waals surface area contributed by atoms with E-state index in [-0.39, 0.29) is 0 Å². The summed E-state index contributed by atoms with van der Waals surface area (Å²) in [4.78, 5) is 2.41. The van der Waals surface area contributed by atoms with Crippen molar-refractivity contribution in [2.45, 2.75) is 32.2 Å². The van der Waals surface area contributed by atoms with Crippen LogP contribution in [0.3, 0.4) is 0 Å². The summed E-state index contributed by atoms with van der Waals surface area (Å²) in [5.41, 5.74) is 3.32. The van der Waals surface area contributed by atoms with Crippen molar-refractivity contribution in [1.82, 2.24) is 25.1 Å². The molecular weight excluding hydrogens is 264 g/mol. The van der Waals surface area contributed by atoms with Gasteiger partial charge in [-0.05, 0) is 74.4 Å². The van der Waals surface area contributed by atoms with Crippen LogP contribution >= 0.6 is 0 Å². The monoisotopic (exact) mass is 286 g/mol. The molecule has 0 amide bonds. The molecule has 3 rings (SSSR count). The van der Waals surface area contributed by atoms with Crippen LogP contribution in [-0.2, 0) is 0 Å². The highest BCUT2D eigenvalue weighted by molar-refractivity contribution is 5.54. The first-order valence-corrected chi connectivity index (χ1v) is 7.51. The van der Waals surface area contributed by atoms with E-state index in [0.29, 0.717) is 6.04 Å². The van der Waals surface area contributed by atoms with Gasteiger partial charge in [-0.1, -0.05) is 6.07 Å². The van der Waals surface area contributed by atoms with E-state index in [0.717, 1.165) is 23.5 Å². The van der Waals surface area contributed by atoms with Gasteiger partial charge in [0.15, 0.2) is 0 Å². The minimum absolute atomic E-state index is 0.541. The normalized spacial score (nSPS) is 20.2. The number of rotatable bonds is 3. The molecule has 0 bridgehead atoms. The SMILES string of the molecule is Cc1ccc(NC2CCCN(C)CC2)cc1-n1cnnn1. The van der Waals surface area contributed by atoms with E-state index in [2.05, 4.69) is 57.9 Å². The summed E-state index contributed by atoms with van der Waals surface area (Å²) < 4.78 is 1.71. The molecule has 2 aromatic rings. The predicted molar refractivity (Wildman–Crippen MR) is 82.6 cm³/mol. The Hall–Kier alpha value is -1.95. The van der Waals surface area contributed by atoms with E-state index in [1.165, 1.54) is 25.8 Å². The van der Waals surface area contributed by atoms with Crippen LogP contribution in [0, 0.1) is 6.92 Å². The zero-order chi connectivity index (χ0) is 14.7. The van der Waals surface area contributed by atoms with Crippen molar-refractivity contribution in [2.24, 2.45) is 0 Å². The second-order valence-corrected chi connectivity index (χ2v) is 5.83. The quantitative estimate of drug-likeness (QED) is 0.933. The molecule has 112 valence electrons. The molecule has 0 radical (unpaired) electrons. The van der Waals surface area contributed by atoms with Crippen LogP contribution < -0.4 is 5.32 Å². The van der Waals surface area contributed by atoms with Gasteiger partial charge in [0.25, 0.3) is 0 Å². The Morgan fingerprint density at radius 3 is 2.95 bits per heavy atom. The molecule has 0 aliphatic carbocycles. The predicted octanol–water partition coefficient (Wildman–Crippen LogP) is 1.87. The number of nitrogens with one attached hydrogen (secondary N) is 1. The fraction of sp³-hybridized carbons (Fsp3) is 0.533. The Labute approximate surface area is 125 Å². The summed E-state index contributed by atoms with van der Waals surface area (Å²) in [5.74, 6) is 0. The van der Waals surface area contributed by atoms with Crippen molar-refractivity contribution in [3.63, 3.8) is 0 Å². The zero-order valence-corrected chi connectivity index (χ0v) is 12.7. The maximum atomic E-state index is 3.98. The molecule has 1 aromatic heterocycles. The lowest BCUT2D eigenvalue weighted by molar-refractivity contribution is 0.348. The molecule has 1 fully saturated rings. The zero-order valence-electron chi connectivity index (χ0n) is 12.7. The van der Waals surface area contributed by atoms with E-state index >= 15 is 0 Å². The van der Waals surface area contributed by atoms with Crippen LogP contribution in [0.15, 0.2) is 24.5 Å². The summed E-state index contributed by atoms with van der Waals surface area (Å²) in [6.45, 7) is 4.42. The second-order valence-electron chi connectivity index (χ2n) is 5.83. The van der Waals surface area contributed by atoms with Gasteiger partial charge in [-0.25, -0.2) is 4.68 Å². The van der Waals surface area contributed by atoms with Gasteiger partial charge in [0.1, 0.15) is 6.33 Å². The minimum atomic E-state index is 0.541. The van der Waals surface area contributed by atoms with Crippen molar-refractivity contribution >= 4 is 5.69 Å². The lowest BCUT2D eigenvalue weighted by atomic mass is 10.1. The van der Waals surface area contributed by atoms with Crippen LogP contribution in [0.4, 0.5) is 5.69 Å². The molecule has 21 heavy (non-hydrogen) atoms. The van der Waals surface area contributed by atoms with Crippen molar-refractivity contribution in [2.75, 3.05) is 25.5 Å². The fourth-order valence-corrected chi connectivity index (χ4v) is 2.84. The summed E-state index contributed by atoms with van der Waals surface area (Å²) in [6.07, 6.45) is 5.29. The number of anilines is 1. The molecule has 6 nitrogen and oxygen atoms in total. The molecule has 0 saturated carbocycles. The Morgan fingerprint density at radius 2 is 2.14 bits per heavy atom. The molecule has 1 unspecified atom stereocenters. The Balaban J connectivity index is 1.75. The van der Waals surface area contributed by atoms with Gasteiger partial charge < -0.3 is 10.2 Å². The fourth-order valence-electron chi connectivity index (χ4n) is 2.84. The number of nitrogens with zero attached hydrogens (tertiary/aromatic N) is 5. The van der Waals surface area contributed by atoms with Crippen molar-refractivity contribution in [3.05, 3.63) is 30.1 Å². The molecule has 1 aliphatic heterocycles. The van der Waals surface area contributed by atoms with Gasteiger partial charge in [0.05, 0.1) is 5.69 Å². The number of benzene rings is 1. The molecule has 1 aromatic carbocycles. The first-order chi connectivity index (χ1) is 10.2. The number of likely N-dealkylation sites (tertiary alicyclic amines) is 1. The van der Waals surface area contributed by atoms with Crippen molar-refractivity contribution in [3.8, 4) is 5.69 Å². The largest absolute Gasteiger partial charge is 0.382 e. The minimum Gasteiger partial charge on any atom is -0.382 e. The molecule has 1 atom stereocenters. The maximum absolute atomic E-state index is 3.98. The van der Waals surface area contributed by atoms with Crippen LogP contribution in [-0.4, -0.2) is 51.3 Å². The second kappa shape index (κ2) is 6.22. The third-order valence-electron chi connectivity index (χ3n) is 4.13. The summed E-state index contributed by atoms with van der Waals surface area (Å²) in [7, 11) is 2.20. The van der Waals surface area contributed by atoms with Crippen LogP contribution in [0.1, 0.15) is 24.8 Å². The number of hydrogen-bond acceptors (Lipinski definition) is 5. The number of tetrazole rings is 1. The smallest absolute Gasteiger partial charge is 0.143 e. The third-order valence-corrected chi connectivity index (χ3v) is 4.13. The summed E-state index contributed by atoms with van der Waals surface area (Å²) in [5, 5.41) is 15.1. The lowest BCUT2D eigenvalue weighted by Gasteiger charge is -2.19. The standard InChI is InChI=1S/C15H22N6/c1-12-5-6-14(10-15(12)21-11-16-18-19-21)17-13-4-3-8-20(2)9-7-13/h5-6,10-11,13,17H,3-4,7-9H2,1-2H3. The first kappa shape index (κ1) is 14.0.